The van der Waals surface area contributed by atoms with Gasteiger partial charge in [0.2, 0.25) is 11.8 Å². The lowest BCUT2D eigenvalue weighted by Gasteiger charge is -2.35. The van der Waals surface area contributed by atoms with E-state index in [0.717, 1.165) is 5.56 Å². The molecule has 6 nitrogen and oxygen atoms in total. The fourth-order valence-corrected chi connectivity index (χ4v) is 3.28. The van der Waals surface area contributed by atoms with Crippen molar-refractivity contribution in [3.63, 3.8) is 0 Å². The molecule has 146 valence electrons. The Balaban J connectivity index is 1.43. The molecule has 1 aliphatic heterocycles. The van der Waals surface area contributed by atoms with E-state index in [-0.39, 0.29) is 30.7 Å². The summed E-state index contributed by atoms with van der Waals surface area (Å²) in [6.07, 6.45) is 0.246. The van der Waals surface area contributed by atoms with Crippen LogP contribution in [0.3, 0.4) is 0 Å². The van der Waals surface area contributed by atoms with Crippen molar-refractivity contribution in [2.45, 2.75) is 6.42 Å². The summed E-state index contributed by atoms with van der Waals surface area (Å²) in [5.74, 6) is -0.420. The fraction of sp³-hybridized carbons (Fsp3) is 0.286. The average Bonchev–Trinajstić information content (AvgIpc) is 2.72. The first-order chi connectivity index (χ1) is 13.5. The van der Waals surface area contributed by atoms with Gasteiger partial charge in [0.1, 0.15) is 0 Å². The number of rotatable bonds is 5. The van der Waals surface area contributed by atoms with Crippen LogP contribution in [-0.2, 0) is 16.0 Å². The maximum atomic E-state index is 12.5. The minimum Gasteiger partial charge on any atom is -0.347 e. The van der Waals surface area contributed by atoms with Gasteiger partial charge in [-0.25, -0.2) is 0 Å². The molecule has 2 aromatic carbocycles. The molecule has 0 unspecified atom stereocenters. The third-order valence-electron chi connectivity index (χ3n) is 4.64. The number of nitrogens with zero attached hydrogens (tertiary/aromatic N) is 2. The standard InChI is InChI=1S/C21H22ClN3O3/c22-18-8-4-7-17(14-18)21(28)25-11-9-24(10-12-25)20(27)15-23-19(26)13-16-5-2-1-3-6-16/h1-8,14H,9-13,15H2,(H,23,26). The van der Waals surface area contributed by atoms with E-state index in [4.69, 9.17) is 11.6 Å². The van der Waals surface area contributed by atoms with E-state index in [1.807, 2.05) is 30.3 Å². The predicted octanol–water partition coefficient (Wildman–Crippen LogP) is 1.98. The normalized spacial score (nSPS) is 13.9. The van der Waals surface area contributed by atoms with Crippen molar-refractivity contribution in [3.8, 4) is 0 Å². The van der Waals surface area contributed by atoms with E-state index < -0.39 is 0 Å². The summed E-state index contributed by atoms with van der Waals surface area (Å²) < 4.78 is 0. The number of nitrogens with one attached hydrogen (secondary N) is 1. The van der Waals surface area contributed by atoms with Gasteiger partial charge < -0.3 is 15.1 Å². The molecule has 1 fully saturated rings. The smallest absolute Gasteiger partial charge is 0.254 e. The average molecular weight is 400 g/mol. The minimum atomic E-state index is -0.186. The number of piperazine rings is 1. The van der Waals surface area contributed by atoms with E-state index in [1.54, 1.807) is 34.1 Å². The molecule has 28 heavy (non-hydrogen) atoms. The highest BCUT2D eigenvalue weighted by Gasteiger charge is 2.25. The molecule has 1 heterocycles. The third-order valence-corrected chi connectivity index (χ3v) is 4.87. The molecule has 7 heteroatoms. The number of hydrogen-bond donors (Lipinski definition) is 1. The summed E-state index contributed by atoms with van der Waals surface area (Å²) >= 11 is 5.95. The summed E-state index contributed by atoms with van der Waals surface area (Å²) in [7, 11) is 0. The van der Waals surface area contributed by atoms with Gasteiger partial charge in [0, 0.05) is 36.8 Å². The van der Waals surface area contributed by atoms with Gasteiger partial charge in [0.05, 0.1) is 13.0 Å². The molecule has 2 aromatic rings. The molecule has 0 saturated carbocycles. The molecular weight excluding hydrogens is 378 g/mol. The summed E-state index contributed by atoms with van der Waals surface area (Å²) in [6, 6.07) is 16.2. The van der Waals surface area contributed by atoms with E-state index in [1.165, 1.54) is 0 Å². The lowest BCUT2D eigenvalue weighted by atomic mass is 10.1. The highest BCUT2D eigenvalue weighted by molar-refractivity contribution is 6.30. The van der Waals surface area contributed by atoms with Crippen LogP contribution in [0.1, 0.15) is 15.9 Å². The molecule has 1 saturated heterocycles. The molecule has 1 N–H and O–H groups in total. The second kappa shape index (κ2) is 9.37. The Morgan fingerprint density at radius 2 is 1.57 bits per heavy atom. The Bertz CT molecular complexity index is 849. The Hall–Kier alpha value is -2.86. The van der Waals surface area contributed by atoms with Gasteiger partial charge >= 0.3 is 0 Å². The van der Waals surface area contributed by atoms with Crippen molar-refractivity contribution in [2.24, 2.45) is 0 Å². The number of amides is 3. The fourth-order valence-electron chi connectivity index (χ4n) is 3.09. The van der Waals surface area contributed by atoms with Crippen molar-refractivity contribution in [3.05, 3.63) is 70.7 Å². The summed E-state index contributed by atoms with van der Waals surface area (Å²) in [4.78, 5) is 40.2. The van der Waals surface area contributed by atoms with Crippen LogP contribution in [0.15, 0.2) is 54.6 Å². The first kappa shape index (κ1) is 19.9. The van der Waals surface area contributed by atoms with Crippen LogP contribution in [0.4, 0.5) is 0 Å². The van der Waals surface area contributed by atoms with E-state index in [9.17, 15) is 14.4 Å². The van der Waals surface area contributed by atoms with Gasteiger partial charge in [-0.3, -0.25) is 14.4 Å². The molecule has 1 aliphatic rings. The van der Waals surface area contributed by atoms with Crippen molar-refractivity contribution in [1.29, 1.82) is 0 Å². The van der Waals surface area contributed by atoms with Crippen LogP contribution >= 0.6 is 11.6 Å². The van der Waals surface area contributed by atoms with Gasteiger partial charge in [-0.2, -0.15) is 0 Å². The first-order valence-corrected chi connectivity index (χ1v) is 9.54. The van der Waals surface area contributed by atoms with Crippen LogP contribution < -0.4 is 5.32 Å². The number of halogens is 1. The van der Waals surface area contributed by atoms with Gasteiger partial charge in [-0.05, 0) is 23.8 Å². The quantitative estimate of drug-likeness (QED) is 0.835. The topological polar surface area (TPSA) is 69.7 Å². The van der Waals surface area contributed by atoms with Gasteiger partial charge in [-0.1, -0.05) is 48.0 Å². The number of carbonyl (C=O) groups is 3. The Kier molecular flexibility index (Phi) is 6.66. The molecule has 0 atom stereocenters. The largest absolute Gasteiger partial charge is 0.347 e. The first-order valence-electron chi connectivity index (χ1n) is 9.16. The van der Waals surface area contributed by atoms with E-state index in [2.05, 4.69) is 5.32 Å². The van der Waals surface area contributed by atoms with E-state index in [0.29, 0.717) is 36.8 Å². The second-order valence-electron chi connectivity index (χ2n) is 6.62. The number of benzene rings is 2. The van der Waals surface area contributed by atoms with Crippen LogP contribution in [0.5, 0.6) is 0 Å². The molecular formula is C21H22ClN3O3. The molecule has 0 bridgehead atoms. The van der Waals surface area contributed by atoms with Crippen molar-refractivity contribution in [2.75, 3.05) is 32.7 Å². The van der Waals surface area contributed by atoms with Crippen molar-refractivity contribution >= 4 is 29.3 Å². The Morgan fingerprint density at radius 3 is 2.25 bits per heavy atom. The van der Waals surface area contributed by atoms with Gasteiger partial charge in [0.25, 0.3) is 5.91 Å². The Morgan fingerprint density at radius 1 is 0.893 bits per heavy atom. The van der Waals surface area contributed by atoms with E-state index >= 15 is 0 Å². The monoisotopic (exact) mass is 399 g/mol. The lowest BCUT2D eigenvalue weighted by molar-refractivity contribution is -0.133. The van der Waals surface area contributed by atoms with Crippen molar-refractivity contribution < 1.29 is 14.4 Å². The molecule has 0 aliphatic carbocycles. The van der Waals surface area contributed by atoms with Crippen molar-refractivity contribution in [1.82, 2.24) is 15.1 Å². The molecule has 3 amide bonds. The zero-order valence-electron chi connectivity index (χ0n) is 15.4. The molecule has 0 radical (unpaired) electrons. The zero-order chi connectivity index (χ0) is 19.9. The molecule has 0 aromatic heterocycles. The summed E-state index contributed by atoms with van der Waals surface area (Å²) in [6.45, 7) is 1.76. The van der Waals surface area contributed by atoms with Crippen LogP contribution in [0.25, 0.3) is 0 Å². The lowest BCUT2D eigenvalue weighted by Crippen LogP contribution is -2.52. The maximum Gasteiger partial charge on any atom is 0.254 e. The maximum absolute atomic E-state index is 12.5. The number of carbonyl (C=O) groups excluding carboxylic acids is 3. The van der Waals surface area contributed by atoms with Crippen LogP contribution in [0, 0.1) is 0 Å². The Labute approximate surface area is 169 Å². The predicted molar refractivity (Wildman–Crippen MR) is 107 cm³/mol. The summed E-state index contributed by atoms with van der Waals surface area (Å²) in [5.41, 5.74) is 1.45. The minimum absolute atomic E-state index is 0.0338. The molecule has 0 spiro atoms. The highest BCUT2D eigenvalue weighted by Crippen LogP contribution is 2.14. The third kappa shape index (κ3) is 5.33. The van der Waals surface area contributed by atoms with Crippen LogP contribution in [0.2, 0.25) is 5.02 Å². The zero-order valence-corrected chi connectivity index (χ0v) is 16.2. The molecule has 3 rings (SSSR count). The highest BCUT2D eigenvalue weighted by atomic mass is 35.5. The number of hydrogen-bond acceptors (Lipinski definition) is 3. The van der Waals surface area contributed by atoms with Gasteiger partial charge in [0.15, 0.2) is 0 Å². The summed E-state index contributed by atoms with van der Waals surface area (Å²) in [5, 5.41) is 3.19. The van der Waals surface area contributed by atoms with Gasteiger partial charge in [-0.15, -0.1) is 0 Å². The SMILES string of the molecule is O=C(Cc1ccccc1)NCC(=O)N1CCN(C(=O)c2cccc(Cl)c2)CC1. The van der Waals surface area contributed by atoms with Crippen LogP contribution in [-0.4, -0.2) is 60.2 Å². The second-order valence-corrected chi connectivity index (χ2v) is 7.06.